The third-order valence-electron chi connectivity index (χ3n) is 4.08. The average Bonchev–Trinajstić information content (AvgIpc) is 3.02. The highest BCUT2D eigenvalue weighted by Crippen LogP contribution is 2.16. The highest BCUT2D eigenvalue weighted by molar-refractivity contribution is 6.29. The fourth-order valence-electron chi connectivity index (χ4n) is 2.59. The maximum atomic E-state index is 12.3. The van der Waals surface area contributed by atoms with Crippen LogP contribution in [0.15, 0.2) is 56.1 Å². The Morgan fingerprint density at radius 1 is 1.30 bits per heavy atom. The van der Waals surface area contributed by atoms with E-state index in [1.54, 1.807) is 24.6 Å². The van der Waals surface area contributed by atoms with Gasteiger partial charge in [-0.3, -0.25) is 18.9 Å². The van der Waals surface area contributed by atoms with Gasteiger partial charge in [0.25, 0.3) is 5.56 Å². The van der Waals surface area contributed by atoms with Crippen molar-refractivity contribution in [3.63, 3.8) is 0 Å². The molecule has 2 N–H and O–H groups in total. The summed E-state index contributed by atoms with van der Waals surface area (Å²) in [6.07, 6.45) is 1.74. The molecule has 0 saturated carbocycles. The van der Waals surface area contributed by atoms with Gasteiger partial charge in [0.2, 0.25) is 5.95 Å². The second-order valence-electron chi connectivity index (χ2n) is 6.00. The Bertz CT molecular complexity index is 1150. The number of rotatable bonds is 5. The summed E-state index contributed by atoms with van der Waals surface area (Å²) in [7, 11) is 1.54. The van der Waals surface area contributed by atoms with E-state index in [2.05, 4.69) is 20.5 Å². The van der Waals surface area contributed by atoms with E-state index in [1.807, 2.05) is 37.3 Å². The number of benzene rings is 1. The first-order valence-corrected chi connectivity index (χ1v) is 8.64. The normalized spacial score (nSPS) is 12.6. The third-order valence-corrected chi connectivity index (χ3v) is 4.23. The first-order chi connectivity index (χ1) is 12.9. The molecule has 3 aromatic rings. The maximum Gasteiger partial charge on any atom is 0.329 e. The molecule has 0 fully saturated rings. The van der Waals surface area contributed by atoms with Crippen LogP contribution in [-0.4, -0.2) is 24.8 Å². The third kappa shape index (κ3) is 3.85. The van der Waals surface area contributed by atoms with Gasteiger partial charge >= 0.3 is 5.69 Å². The predicted molar refractivity (Wildman–Crippen MR) is 107 cm³/mol. The van der Waals surface area contributed by atoms with Crippen LogP contribution in [0, 0.1) is 0 Å². The topological polar surface area (TPSA) is 97.1 Å². The first-order valence-electron chi connectivity index (χ1n) is 8.26. The lowest BCUT2D eigenvalue weighted by atomic mass is 10.1. The van der Waals surface area contributed by atoms with E-state index < -0.39 is 11.2 Å². The van der Waals surface area contributed by atoms with Gasteiger partial charge in [-0.25, -0.2) is 10.2 Å². The zero-order valence-electron chi connectivity index (χ0n) is 15.2. The summed E-state index contributed by atoms with van der Waals surface area (Å²) in [5.41, 5.74) is 4.08. The van der Waals surface area contributed by atoms with Gasteiger partial charge in [0.1, 0.15) is 0 Å². The van der Waals surface area contributed by atoms with Gasteiger partial charge in [-0.05, 0) is 19.4 Å². The number of halogens is 1. The van der Waals surface area contributed by atoms with E-state index in [1.165, 1.54) is 4.57 Å². The van der Waals surface area contributed by atoms with E-state index in [-0.39, 0.29) is 11.2 Å². The Morgan fingerprint density at radius 3 is 2.67 bits per heavy atom. The van der Waals surface area contributed by atoms with E-state index >= 15 is 0 Å². The summed E-state index contributed by atoms with van der Waals surface area (Å²) in [4.78, 5) is 30.9. The summed E-state index contributed by atoms with van der Waals surface area (Å²) < 4.78 is 2.91. The van der Waals surface area contributed by atoms with Crippen molar-refractivity contribution in [2.24, 2.45) is 12.1 Å². The van der Waals surface area contributed by atoms with Crippen molar-refractivity contribution in [1.82, 2.24) is 19.1 Å². The number of fused-ring (bicyclic) bond motifs is 1. The predicted octanol–water partition coefficient (Wildman–Crippen LogP) is 2.40. The standard InChI is InChI=1S/C18H19ClN6O2/c1-11(19)9-10-25-14-15(24(3)18(27)21-16(14)26)20-17(25)23-22-12(2)13-7-5-4-6-8-13/h4-9H,10H2,1-3H3,(H,20,23)(H,21,26,27). The van der Waals surface area contributed by atoms with Crippen molar-refractivity contribution in [2.45, 2.75) is 20.4 Å². The quantitative estimate of drug-likeness (QED) is 0.519. The van der Waals surface area contributed by atoms with E-state index in [4.69, 9.17) is 11.6 Å². The number of nitrogens with one attached hydrogen (secondary N) is 2. The molecule has 0 atom stereocenters. The summed E-state index contributed by atoms with van der Waals surface area (Å²) in [6.45, 7) is 3.90. The Kier molecular flexibility index (Phi) is 5.27. The minimum absolute atomic E-state index is 0.263. The molecule has 0 aliphatic rings. The minimum atomic E-state index is -0.531. The molecule has 0 aliphatic carbocycles. The Hall–Kier alpha value is -3.13. The number of hydrazone groups is 1. The van der Waals surface area contributed by atoms with Crippen LogP contribution in [0.4, 0.5) is 5.95 Å². The van der Waals surface area contributed by atoms with Crippen LogP contribution in [0.1, 0.15) is 19.4 Å². The molecule has 0 spiro atoms. The molecule has 8 nitrogen and oxygen atoms in total. The number of hydrogen-bond donors (Lipinski definition) is 2. The molecular formula is C18H19ClN6O2. The lowest BCUT2D eigenvalue weighted by Crippen LogP contribution is -2.29. The number of anilines is 1. The number of nitrogens with zero attached hydrogens (tertiary/aromatic N) is 4. The van der Waals surface area contributed by atoms with Gasteiger partial charge in [0.15, 0.2) is 11.2 Å². The van der Waals surface area contributed by atoms with Gasteiger partial charge in [-0.15, -0.1) is 0 Å². The van der Waals surface area contributed by atoms with Crippen LogP contribution in [-0.2, 0) is 13.6 Å². The van der Waals surface area contributed by atoms with Crippen LogP contribution in [0.25, 0.3) is 11.2 Å². The molecule has 2 aromatic heterocycles. The summed E-state index contributed by atoms with van der Waals surface area (Å²) in [5.74, 6) is 0.334. The molecule has 140 valence electrons. The molecule has 0 saturated heterocycles. The molecule has 0 unspecified atom stereocenters. The summed E-state index contributed by atoms with van der Waals surface area (Å²) in [6, 6.07) is 9.66. The number of aromatic amines is 1. The van der Waals surface area contributed by atoms with Crippen molar-refractivity contribution in [3.05, 3.63) is 67.8 Å². The molecule has 2 heterocycles. The molecule has 9 heteroatoms. The zero-order valence-corrected chi connectivity index (χ0v) is 15.9. The monoisotopic (exact) mass is 386 g/mol. The molecule has 3 rings (SSSR count). The van der Waals surface area contributed by atoms with Gasteiger partial charge < -0.3 is 0 Å². The van der Waals surface area contributed by atoms with Crippen LogP contribution in [0.3, 0.4) is 0 Å². The Morgan fingerprint density at radius 2 is 2.00 bits per heavy atom. The van der Waals surface area contributed by atoms with Gasteiger partial charge in [0.05, 0.1) is 5.71 Å². The van der Waals surface area contributed by atoms with Gasteiger partial charge in [-0.2, -0.15) is 10.1 Å². The number of hydrogen-bond acceptors (Lipinski definition) is 5. The van der Waals surface area contributed by atoms with Crippen LogP contribution in [0.2, 0.25) is 0 Å². The van der Waals surface area contributed by atoms with Crippen molar-refractivity contribution < 1.29 is 0 Å². The van der Waals surface area contributed by atoms with E-state index in [0.717, 1.165) is 11.3 Å². The summed E-state index contributed by atoms with van der Waals surface area (Å²) >= 11 is 5.94. The van der Waals surface area contributed by atoms with Gasteiger partial charge in [0, 0.05) is 18.6 Å². The van der Waals surface area contributed by atoms with Crippen molar-refractivity contribution in [2.75, 3.05) is 5.43 Å². The molecular weight excluding hydrogens is 368 g/mol. The lowest BCUT2D eigenvalue weighted by molar-refractivity contribution is 0.818. The smallest absolute Gasteiger partial charge is 0.299 e. The van der Waals surface area contributed by atoms with E-state index in [0.29, 0.717) is 17.5 Å². The molecule has 0 amide bonds. The fourth-order valence-corrected chi connectivity index (χ4v) is 2.66. The zero-order chi connectivity index (χ0) is 19.6. The number of aromatic nitrogens is 4. The average molecular weight is 387 g/mol. The van der Waals surface area contributed by atoms with Crippen LogP contribution in [0.5, 0.6) is 0 Å². The highest BCUT2D eigenvalue weighted by atomic mass is 35.5. The maximum absolute atomic E-state index is 12.3. The molecule has 0 radical (unpaired) electrons. The SMILES string of the molecule is CC(Cl)=CCn1c(NN=C(C)c2ccccc2)nc2c1c(=O)[nH]c(=O)n2C. The second kappa shape index (κ2) is 7.63. The Balaban J connectivity index is 2.11. The molecule has 0 bridgehead atoms. The second-order valence-corrected chi connectivity index (χ2v) is 6.60. The Labute approximate surface area is 159 Å². The van der Waals surface area contributed by atoms with Crippen molar-refractivity contribution >= 4 is 34.4 Å². The number of aryl methyl sites for hydroxylation is 1. The number of imidazole rings is 1. The largest absolute Gasteiger partial charge is 0.329 e. The summed E-state index contributed by atoms with van der Waals surface area (Å²) in [5, 5.41) is 4.94. The number of allylic oxidation sites excluding steroid dienone is 2. The first kappa shape index (κ1) is 18.7. The van der Waals surface area contributed by atoms with Gasteiger partial charge in [-0.1, -0.05) is 48.0 Å². The van der Waals surface area contributed by atoms with Crippen molar-refractivity contribution in [1.29, 1.82) is 0 Å². The van der Waals surface area contributed by atoms with Crippen molar-refractivity contribution in [3.8, 4) is 0 Å². The van der Waals surface area contributed by atoms with Crippen LogP contribution >= 0.6 is 11.6 Å². The number of H-pyrrole nitrogens is 1. The molecule has 1 aromatic carbocycles. The molecule has 27 heavy (non-hydrogen) atoms. The fraction of sp³-hybridized carbons (Fsp3) is 0.222. The minimum Gasteiger partial charge on any atom is -0.299 e. The highest BCUT2D eigenvalue weighted by Gasteiger charge is 2.16. The van der Waals surface area contributed by atoms with E-state index in [9.17, 15) is 9.59 Å². The lowest BCUT2D eigenvalue weighted by Gasteiger charge is -2.06. The molecule has 0 aliphatic heterocycles. The van der Waals surface area contributed by atoms with Crippen LogP contribution < -0.4 is 16.7 Å².